The first-order valence-corrected chi connectivity index (χ1v) is 20.6. The van der Waals surface area contributed by atoms with Gasteiger partial charge in [-0.3, -0.25) is 48.7 Å². The lowest BCUT2D eigenvalue weighted by molar-refractivity contribution is -0.160. The van der Waals surface area contributed by atoms with E-state index in [9.17, 15) is 33.9 Å². The van der Waals surface area contributed by atoms with E-state index < -0.39 is 35.3 Å². The number of rotatable bonds is 11. The number of aromatic nitrogens is 1. The zero-order valence-corrected chi connectivity index (χ0v) is 35.2. The van der Waals surface area contributed by atoms with E-state index in [0.29, 0.717) is 54.9 Å². The summed E-state index contributed by atoms with van der Waals surface area (Å²) >= 11 is 0. The first-order valence-electron chi connectivity index (χ1n) is 20.6. The highest BCUT2D eigenvalue weighted by molar-refractivity contribution is 6.24. The second kappa shape index (κ2) is 18.7. The Kier molecular flexibility index (Phi) is 13.1. The molecule has 0 aliphatic carbocycles. The summed E-state index contributed by atoms with van der Waals surface area (Å²) in [7, 11) is 4.92. The second-order valence-electron chi connectivity index (χ2n) is 15.9. The number of benzene rings is 3. The summed E-state index contributed by atoms with van der Waals surface area (Å²) < 4.78 is 25.6. The Labute approximate surface area is 361 Å². The van der Waals surface area contributed by atoms with Crippen LogP contribution in [0.4, 0.5) is 0 Å². The predicted octanol–water partition coefficient (Wildman–Crippen LogP) is 3.08. The third-order valence-corrected chi connectivity index (χ3v) is 12.1. The number of pyridine rings is 1. The first kappa shape index (κ1) is 44.3. The number of phenolic OH excluding ortho intramolecular Hbond substituents is 1. The quantitative estimate of drug-likeness (QED) is 0.112. The molecule has 4 aromatic rings. The highest BCUT2D eigenvalue weighted by atomic mass is 16.5. The fourth-order valence-electron chi connectivity index (χ4n) is 8.85. The van der Waals surface area contributed by atoms with Gasteiger partial charge in [0.1, 0.15) is 29.0 Å². The number of methoxy groups -OCH3 is 2. The Balaban J connectivity index is 0.00000193. The van der Waals surface area contributed by atoms with Crippen LogP contribution >= 0.6 is 0 Å². The molecular formula is C45H49N5O13. The number of morpholine rings is 1. The number of carboxylic acid groups (broad SMARTS) is 1. The lowest BCUT2D eigenvalue weighted by Crippen LogP contribution is -2.57. The largest absolute Gasteiger partial charge is 0.508 e. The van der Waals surface area contributed by atoms with Crippen LogP contribution in [-0.4, -0.2) is 131 Å². The van der Waals surface area contributed by atoms with Crippen LogP contribution in [0.3, 0.4) is 0 Å². The van der Waals surface area contributed by atoms with Crippen LogP contribution in [0.1, 0.15) is 64.8 Å². The number of piperidine rings is 2. The van der Waals surface area contributed by atoms with Gasteiger partial charge in [-0.15, -0.1) is 0 Å². The maximum Gasteiger partial charge on any atom is 0.290 e. The van der Waals surface area contributed by atoms with Crippen LogP contribution in [0.25, 0.3) is 21.9 Å². The smallest absolute Gasteiger partial charge is 0.290 e. The molecule has 18 heteroatoms. The van der Waals surface area contributed by atoms with Gasteiger partial charge in [-0.2, -0.15) is 0 Å². The van der Waals surface area contributed by atoms with Crippen molar-refractivity contribution in [1.29, 1.82) is 0 Å². The highest BCUT2D eigenvalue weighted by Crippen LogP contribution is 2.40. The normalized spacial score (nSPS) is 18.4. The molecule has 332 valence electrons. The lowest BCUT2D eigenvalue weighted by Gasteiger charge is -2.47. The van der Waals surface area contributed by atoms with Gasteiger partial charge in [0.25, 0.3) is 23.8 Å². The Bertz CT molecular complexity index is 2500. The molecule has 4 aliphatic rings. The van der Waals surface area contributed by atoms with Crippen LogP contribution in [0, 0.1) is 0 Å². The van der Waals surface area contributed by atoms with Gasteiger partial charge >= 0.3 is 0 Å². The summed E-state index contributed by atoms with van der Waals surface area (Å²) in [6.07, 6.45) is 3.91. The van der Waals surface area contributed by atoms with Crippen molar-refractivity contribution in [3.8, 4) is 34.1 Å². The van der Waals surface area contributed by atoms with Crippen LogP contribution in [0.15, 0.2) is 59.5 Å². The average Bonchev–Trinajstić information content (AvgIpc) is 3.53. The number of likely N-dealkylation sites (tertiary alicyclic amines) is 1. The van der Waals surface area contributed by atoms with Crippen molar-refractivity contribution in [1.82, 2.24) is 24.6 Å². The van der Waals surface area contributed by atoms with Gasteiger partial charge in [-0.1, -0.05) is 6.07 Å². The van der Waals surface area contributed by atoms with Gasteiger partial charge < -0.3 is 38.6 Å². The number of ether oxygens (including phenoxy) is 4. The number of carbonyl (C=O) groups is 6. The summed E-state index contributed by atoms with van der Waals surface area (Å²) in [5.41, 5.74) is 2.02. The molecule has 4 aliphatic heterocycles. The standard InChI is InChI=1S/C44H47N5O11.CH2O2/c1-46-23-31(28-10-9-27(50)22-30(28)41(46)54)26-20-35(57-2)32(36(21-26)58-3)24-47-15-13-44(14-16-47)25-48(17-19-60-44)38(52)8-5-18-59-34-7-4-6-29-39(34)43(56)49(42(29)55)33-11-12-37(51)45-40(33)53;2-1-3/h4,6-7,9-10,20-23,33,50H,5,8,11-19,24-25H2,1-3H3,(H,45,51,53);1H,(H,2,3). The van der Waals surface area contributed by atoms with E-state index >= 15 is 0 Å². The topological polar surface area (TPSA) is 224 Å². The molecule has 3 fully saturated rings. The van der Waals surface area contributed by atoms with Gasteiger partial charge in [-0.25, -0.2) is 0 Å². The maximum absolute atomic E-state index is 13.5. The Morgan fingerprint density at radius 2 is 1.65 bits per heavy atom. The predicted molar refractivity (Wildman–Crippen MR) is 226 cm³/mol. The minimum absolute atomic E-state index is 0.0160. The summed E-state index contributed by atoms with van der Waals surface area (Å²) in [5, 5.41) is 20.3. The molecule has 5 heterocycles. The number of aromatic hydroxyl groups is 1. The molecule has 8 rings (SSSR count). The molecule has 3 saturated heterocycles. The molecule has 18 nitrogen and oxygen atoms in total. The van der Waals surface area contributed by atoms with Gasteiger partial charge in [0, 0.05) is 64.4 Å². The molecule has 3 aromatic carbocycles. The minimum Gasteiger partial charge on any atom is -0.508 e. The zero-order valence-electron chi connectivity index (χ0n) is 35.2. The first-order chi connectivity index (χ1) is 30.3. The average molecular weight is 868 g/mol. The maximum atomic E-state index is 13.5. The highest BCUT2D eigenvalue weighted by Gasteiger charge is 2.46. The SMILES string of the molecule is COc1cc(-c2cn(C)c(=O)c3cc(O)ccc23)cc(OC)c1CN1CCC2(CC1)CN(C(=O)CCCOc1cccc3c1C(=O)N(C1CCC(=O)NC1=O)C3=O)CCO2.O=CO. The number of fused-ring (bicyclic) bond motifs is 2. The fourth-order valence-corrected chi connectivity index (χ4v) is 8.85. The molecule has 63 heavy (non-hydrogen) atoms. The van der Waals surface area contributed by atoms with Crippen molar-refractivity contribution < 1.29 is 57.9 Å². The van der Waals surface area contributed by atoms with Crippen LogP contribution in [0.2, 0.25) is 0 Å². The molecule has 1 atom stereocenters. The van der Waals surface area contributed by atoms with Gasteiger partial charge in [0.05, 0.1) is 55.1 Å². The Morgan fingerprint density at radius 1 is 0.937 bits per heavy atom. The third-order valence-electron chi connectivity index (χ3n) is 12.1. The van der Waals surface area contributed by atoms with E-state index in [2.05, 4.69) is 10.2 Å². The summed E-state index contributed by atoms with van der Waals surface area (Å²) in [5.74, 6) is -0.888. The fraction of sp³-hybridized carbons (Fsp3) is 0.400. The number of aryl methyl sites for hydroxylation is 1. The molecule has 0 radical (unpaired) electrons. The van der Waals surface area contributed by atoms with Crippen molar-refractivity contribution in [3.63, 3.8) is 0 Å². The Hall–Kier alpha value is -6.79. The molecule has 1 aromatic heterocycles. The van der Waals surface area contributed by atoms with E-state index in [1.54, 1.807) is 51.7 Å². The molecule has 3 N–H and O–H groups in total. The minimum atomic E-state index is -1.07. The van der Waals surface area contributed by atoms with Gasteiger partial charge in [0.15, 0.2) is 0 Å². The monoisotopic (exact) mass is 867 g/mol. The van der Waals surface area contributed by atoms with Crippen molar-refractivity contribution in [3.05, 3.63) is 81.8 Å². The van der Waals surface area contributed by atoms with Crippen molar-refractivity contribution in [2.45, 2.75) is 56.7 Å². The molecule has 1 spiro atoms. The molecule has 1 unspecified atom stereocenters. The van der Waals surface area contributed by atoms with Crippen molar-refractivity contribution >= 4 is 46.8 Å². The van der Waals surface area contributed by atoms with E-state index in [-0.39, 0.29) is 66.4 Å². The number of nitrogens with one attached hydrogen (secondary N) is 1. The van der Waals surface area contributed by atoms with Crippen molar-refractivity contribution in [2.75, 3.05) is 53.6 Å². The summed E-state index contributed by atoms with van der Waals surface area (Å²) in [4.78, 5) is 90.5. The molecule has 0 bridgehead atoms. The van der Waals surface area contributed by atoms with E-state index in [1.165, 1.54) is 16.7 Å². The number of nitrogens with zero attached hydrogens (tertiary/aromatic N) is 4. The molecule has 5 amide bonds. The zero-order chi connectivity index (χ0) is 45.0. The molecular weight excluding hydrogens is 819 g/mol. The van der Waals surface area contributed by atoms with E-state index in [0.717, 1.165) is 47.5 Å². The van der Waals surface area contributed by atoms with Gasteiger partial charge in [-0.05, 0) is 79.1 Å². The van der Waals surface area contributed by atoms with Crippen molar-refractivity contribution in [2.24, 2.45) is 7.05 Å². The number of amides is 5. The number of carbonyl (C=O) groups excluding carboxylic acids is 5. The Morgan fingerprint density at radius 3 is 2.33 bits per heavy atom. The second-order valence-corrected chi connectivity index (χ2v) is 15.9. The molecule has 0 saturated carbocycles. The van der Waals surface area contributed by atoms with Crippen LogP contribution in [-0.2, 0) is 37.5 Å². The van der Waals surface area contributed by atoms with Crippen LogP contribution in [0.5, 0.6) is 23.0 Å². The number of hydrogen-bond acceptors (Lipinski definition) is 13. The summed E-state index contributed by atoms with van der Waals surface area (Å²) in [6.45, 7) is 3.29. The third kappa shape index (κ3) is 8.94. The van der Waals surface area contributed by atoms with Crippen LogP contribution < -0.4 is 25.1 Å². The van der Waals surface area contributed by atoms with E-state index in [1.807, 2.05) is 17.0 Å². The summed E-state index contributed by atoms with van der Waals surface area (Å²) in [6, 6.07) is 12.3. The van der Waals surface area contributed by atoms with Gasteiger partial charge in [0.2, 0.25) is 17.7 Å². The number of hydrogen-bond donors (Lipinski definition) is 3. The lowest BCUT2D eigenvalue weighted by atomic mass is 9.88. The van der Waals surface area contributed by atoms with E-state index in [4.69, 9.17) is 28.8 Å². The number of imide groups is 2. The number of phenols is 1.